The molecule has 84 valence electrons. The smallest absolute Gasteiger partial charge is 0.128 e. The van der Waals surface area contributed by atoms with Crippen LogP contribution in [0.25, 0.3) is 0 Å². The molecule has 0 unspecified atom stereocenters. The first-order valence-electron chi connectivity index (χ1n) is 4.84. The van der Waals surface area contributed by atoms with E-state index in [-0.39, 0.29) is 12.4 Å². The summed E-state index contributed by atoms with van der Waals surface area (Å²) in [6.45, 7) is 0.204. The highest BCUT2D eigenvalue weighted by atomic mass is 32.2. The molecule has 0 amide bonds. The number of benzene rings is 1. The van der Waals surface area contributed by atoms with Gasteiger partial charge in [0.25, 0.3) is 0 Å². The van der Waals surface area contributed by atoms with Gasteiger partial charge in [0.05, 0.1) is 11.1 Å². The lowest BCUT2D eigenvalue weighted by atomic mass is 10.2. The predicted octanol–water partition coefficient (Wildman–Crippen LogP) is 2.17. The van der Waals surface area contributed by atoms with Crippen LogP contribution in [0.4, 0.5) is 4.39 Å². The van der Waals surface area contributed by atoms with E-state index in [4.69, 9.17) is 5.73 Å². The van der Waals surface area contributed by atoms with Gasteiger partial charge in [0, 0.05) is 30.2 Å². The van der Waals surface area contributed by atoms with Gasteiger partial charge in [-0.2, -0.15) is 5.10 Å². The molecule has 0 aliphatic rings. The number of aryl methyl sites for hydroxylation is 1. The van der Waals surface area contributed by atoms with E-state index in [9.17, 15) is 4.39 Å². The first-order chi connectivity index (χ1) is 7.70. The van der Waals surface area contributed by atoms with Crippen LogP contribution in [0, 0.1) is 5.82 Å². The highest BCUT2D eigenvalue weighted by molar-refractivity contribution is 7.99. The normalized spacial score (nSPS) is 10.7. The fraction of sp³-hybridized carbons (Fsp3) is 0.182. The summed E-state index contributed by atoms with van der Waals surface area (Å²) in [5.41, 5.74) is 6.09. The van der Waals surface area contributed by atoms with Gasteiger partial charge in [0.15, 0.2) is 0 Å². The van der Waals surface area contributed by atoms with Gasteiger partial charge in [-0.1, -0.05) is 17.8 Å². The summed E-state index contributed by atoms with van der Waals surface area (Å²) in [6.07, 6.45) is 3.63. The molecule has 16 heavy (non-hydrogen) atoms. The molecule has 1 aromatic carbocycles. The molecule has 1 aromatic heterocycles. The molecule has 3 nitrogen and oxygen atoms in total. The fourth-order valence-corrected chi connectivity index (χ4v) is 2.42. The first kappa shape index (κ1) is 11.2. The molecule has 1 heterocycles. The minimum atomic E-state index is -0.253. The fourth-order valence-electron chi connectivity index (χ4n) is 1.41. The van der Waals surface area contributed by atoms with Crippen molar-refractivity contribution >= 4 is 11.8 Å². The summed E-state index contributed by atoms with van der Waals surface area (Å²) in [5.74, 6) is -0.253. The zero-order valence-corrected chi connectivity index (χ0v) is 9.67. The molecule has 2 N–H and O–H groups in total. The quantitative estimate of drug-likeness (QED) is 0.889. The number of rotatable bonds is 3. The van der Waals surface area contributed by atoms with Gasteiger partial charge in [-0.3, -0.25) is 4.68 Å². The van der Waals surface area contributed by atoms with Crippen LogP contribution in [-0.2, 0) is 13.6 Å². The summed E-state index contributed by atoms with van der Waals surface area (Å²) in [7, 11) is 1.85. The average Bonchev–Trinajstić information content (AvgIpc) is 2.64. The molecular formula is C11H12FN3S. The van der Waals surface area contributed by atoms with E-state index in [0.29, 0.717) is 5.56 Å². The lowest BCUT2D eigenvalue weighted by molar-refractivity contribution is 0.604. The predicted molar refractivity (Wildman–Crippen MR) is 61.6 cm³/mol. The maximum Gasteiger partial charge on any atom is 0.128 e. The Kier molecular flexibility index (Phi) is 3.26. The summed E-state index contributed by atoms with van der Waals surface area (Å²) in [6, 6.07) is 4.98. The molecular weight excluding hydrogens is 225 g/mol. The largest absolute Gasteiger partial charge is 0.326 e. The minimum absolute atomic E-state index is 0.204. The molecule has 0 aliphatic carbocycles. The molecule has 0 bridgehead atoms. The lowest BCUT2D eigenvalue weighted by Crippen LogP contribution is -2.01. The van der Waals surface area contributed by atoms with Crippen LogP contribution in [0.15, 0.2) is 40.4 Å². The zero-order chi connectivity index (χ0) is 11.5. The summed E-state index contributed by atoms with van der Waals surface area (Å²) in [4.78, 5) is 1.82. The second-order valence-corrected chi connectivity index (χ2v) is 4.49. The van der Waals surface area contributed by atoms with E-state index in [1.807, 2.05) is 19.3 Å². The first-order valence-corrected chi connectivity index (χ1v) is 5.66. The topological polar surface area (TPSA) is 43.8 Å². The van der Waals surface area contributed by atoms with Crippen molar-refractivity contribution in [2.24, 2.45) is 12.8 Å². The van der Waals surface area contributed by atoms with E-state index < -0.39 is 0 Å². The number of aromatic nitrogens is 2. The SMILES string of the molecule is Cn1cc(Sc2cccc(F)c2CN)cn1. The van der Waals surface area contributed by atoms with Gasteiger partial charge >= 0.3 is 0 Å². The maximum absolute atomic E-state index is 13.4. The van der Waals surface area contributed by atoms with Crippen molar-refractivity contribution in [2.45, 2.75) is 16.3 Å². The minimum Gasteiger partial charge on any atom is -0.326 e. The second-order valence-electron chi connectivity index (χ2n) is 3.37. The summed E-state index contributed by atoms with van der Waals surface area (Å²) < 4.78 is 15.2. The summed E-state index contributed by atoms with van der Waals surface area (Å²) >= 11 is 1.47. The van der Waals surface area contributed by atoms with Gasteiger partial charge < -0.3 is 5.73 Å². The Bertz CT molecular complexity index is 496. The van der Waals surface area contributed by atoms with Crippen LogP contribution in [0.5, 0.6) is 0 Å². The molecule has 0 atom stereocenters. The molecule has 0 spiro atoms. The van der Waals surface area contributed by atoms with Gasteiger partial charge in [-0.25, -0.2) is 4.39 Å². The Morgan fingerprint density at radius 2 is 2.31 bits per heavy atom. The van der Waals surface area contributed by atoms with Crippen LogP contribution in [0.1, 0.15) is 5.56 Å². The standard InChI is InChI=1S/C11H12FN3S/c1-15-7-8(6-14-15)16-11-4-2-3-10(12)9(11)5-13/h2-4,6-7H,5,13H2,1H3. The van der Waals surface area contributed by atoms with Crippen LogP contribution in [-0.4, -0.2) is 9.78 Å². The Hall–Kier alpha value is -1.33. The van der Waals surface area contributed by atoms with Gasteiger partial charge in [0.2, 0.25) is 0 Å². The maximum atomic E-state index is 13.4. The molecule has 0 saturated carbocycles. The van der Waals surface area contributed by atoms with Crippen LogP contribution in [0.2, 0.25) is 0 Å². The van der Waals surface area contributed by atoms with E-state index in [1.54, 1.807) is 16.9 Å². The van der Waals surface area contributed by atoms with E-state index >= 15 is 0 Å². The molecule has 0 aliphatic heterocycles. The van der Waals surface area contributed by atoms with Crippen molar-refractivity contribution in [3.63, 3.8) is 0 Å². The Morgan fingerprint density at radius 1 is 1.50 bits per heavy atom. The van der Waals surface area contributed by atoms with Crippen LogP contribution < -0.4 is 5.73 Å². The molecule has 5 heteroatoms. The van der Waals surface area contributed by atoms with Gasteiger partial charge in [0.1, 0.15) is 5.82 Å². The lowest BCUT2D eigenvalue weighted by Gasteiger charge is -2.06. The Morgan fingerprint density at radius 3 is 2.94 bits per heavy atom. The third-order valence-electron chi connectivity index (χ3n) is 2.19. The number of hydrogen-bond donors (Lipinski definition) is 1. The van der Waals surface area contributed by atoms with Crippen molar-refractivity contribution in [1.82, 2.24) is 9.78 Å². The highest BCUT2D eigenvalue weighted by Gasteiger charge is 2.08. The monoisotopic (exact) mass is 237 g/mol. The number of nitrogens with two attached hydrogens (primary N) is 1. The molecule has 0 saturated heterocycles. The number of hydrogen-bond acceptors (Lipinski definition) is 3. The van der Waals surface area contributed by atoms with Gasteiger partial charge in [-0.15, -0.1) is 0 Å². The van der Waals surface area contributed by atoms with Crippen LogP contribution >= 0.6 is 11.8 Å². The molecule has 2 aromatic rings. The van der Waals surface area contributed by atoms with E-state index in [1.165, 1.54) is 17.8 Å². The zero-order valence-electron chi connectivity index (χ0n) is 8.85. The van der Waals surface area contributed by atoms with E-state index in [0.717, 1.165) is 9.79 Å². The Labute approximate surface area is 97.5 Å². The average molecular weight is 237 g/mol. The molecule has 0 radical (unpaired) electrons. The van der Waals surface area contributed by atoms with Crippen LogP contribution in [0.3, 0.4) is 0 Å². The van der Waals surface area contributed by atoms with Gasteiger partial charge in [-0.05, 0) is 12.1 Å². The number of nitrogens with zero attached hydrogens (tertiary/aromatic N) is 2. The van der Waals surface area contributed by atoms with Crippen molar-refractivity contribution in [3.8, 4) is 0 Å². The summed E-state index contributed by atoms with van der Waals surface area (Å²) in [5, 5.41) is 4.06. The second kappa shape index (κ2) is 4.67. The number of halogens is 1. The van der Waals surface area contributed by atoms with E-state index in [2.05, 4.69) is 5.10 Å². The third kappa shape index (κ3) is 2.25. The molecule has 2 rings (SSSR count). The van der Waals surface area contributed by atoms with Crippen molar-refractivity contribution in [3.05, 3.63) is 42.0 Å². The third-order valence-corrected chi connectivity index (χ3v) is 3.24. The highest BCUT2D eigenvalue weighted by Crippen LogP contribution is 2.30. The van der Waals surface area contributed by atoms with Crippen molar-refractivity contribution in [2.75, 3.05) is 0 Å². The molecule has 0 fully saturated rings. The van der Waals surface area contributed by atoms with Crippen molar-refractivity contribution < 1.29 is 4.39 Å². The Balaban J connectivity index is 2.30. The van der Waals surface area contributed by atoms with Crippen molar-refractivity contribution in [1.29, 1.82) is 0 Å².